The molecule has 1 aliphatic rings. The third-order valence-electron chi connectivity index (χ3n) is 7.04. The van der Waals surface area contributed by atoms with Crippen molar-refractivity contribution < 1.29 is 0 Å². The fourth-order valence-electron chi connectivity index (χ4n) is 5.27. The Labute approximate surface area is 199 Å². The summed E-state index contributed by atoms with van der Waals surface area (Å²) in [5.74, 6) is 3.37. The van der Waals surface area contributed by atoms with Crippen molar-refractivity contribution in [3.8, 4) is 11.4 Å². The molecule has 0 bridgehead atoms. The van der Waals surface area contributed by atoms with E-state index in [1.807, 2.05) is 35.0 Å². The summed E-state index contributed by atoms with van der Waals surface area (Å²) in [6, 6.07) is 19.2. The van der Waals surface area contributed by atoms with Gasteiger partial charge in [0.2, 0.25) is 5.78 Å². The molecule has 1 N–H and O–H groups in total. The van der Waals surface area contributed by atoms with Gasteiger partial charge in [0.05, 0.1) is 11.1 Å². The molecule has 6 rings (SSSR count). The van der Waals surface area contributed by atoms with Crippen molar-refractivity contribution >= 4 is 22.5 Å². The van der Waals surface area contributed by atoms with Gasteiger partial charge in [0.15, 0.2) is 5.82 Å². The Morgan fingerprint density at radius 3 is 2.62 bits per heavy atom. The summed E-state index contributed by atoms with van der Waals surface area (Å²) in [7, 11) is 0. The van der Waals surface area contributed by atoms with Crippen LogP contribution in [0, 0.1) is 5.92 Å². The van der Waals surface area contributed by atoms with E-state index in [1.165, 1.54) is 37.7 Å². The van der Waals surface area contributed by atoms with Crippen LogP contribution in [-0.2, 0) is 0 Å². The summed E-state index contributed by atoms with van der Waals surface area (Å²) in [4.78, 5) is 18.5. The van der Waals surface area contributed by atoms with Gasteiger partial charge in [-0.25, -0.2) is 19.9 Å². The maximum Gasteiger partial charge on any atom is 0.233 e. The topological polar surface area (TPSA) is 68.0 Å². The predicted octanol–water partition coefficient (Wildman–Crippen LogP) is 6.12. The number of fused-ring (bicyclic) bond motifs is 2. The van der Waals surface area contributed by atoms with Gasteiger partial charge in [-0.05, 0) is 36.5 Å². The lowest BCUT2D eigenvalue weighted by molar-refractivity contribution is 0.311. The second kappa shape index (κ2) is 9.21. The molecular formula is C28H28N6. The highest BCUT2D eigenvalue weighted by Crippen LogP contribution is 2.36. The average molecular weight is 449 g/mol. The first-order valence-corrected chi connectivity index (χ1v) is 12.2. The van der Waals surface area contributed by atoms with E-state index in [1.54, 1.807) is 12.4 Å². The van der Waals surface area contributed by atoms with Crippen LogP contribution >= 0.6 is 0 Å². The van der Waals surface area contributed by atoms with Crippen molar-refractivity contribution in [3.05, 3.63) is 84.9 Å². The molecule has 0 saturated heterocycles. The minimum Gasteiger partial charge on any atom is -0.369 e. The smallest absolute Gasteiger partial charge is 0.233 e. The molecule has 1 atom stereocenters. The molecule has 0 spiro atoms. The summed E-state index contributed by atoms with van der Waals surface area (Å²) in [5, 5.41) is 4.78. The summed E-state index contributed by atoms with van der Waals surface area (Å²) < 4.78 is 1.90. The lowest BCUT2D eigenvalue weighted by atomic mass is 9.77. The van der Waals surface area contributed by atoms with E-state index >= 15 is 0 Å². The molecule has 0 aliphatic heterocycles. The molecule has 6 nitrogen and oxygen atoms in total. The van der Waals surface area contributed by atoms with Crippen LogP contribution in [0.4, 0.5) is 5.82 Å². The number of rotatable bonds is 6. The Morgan fingerprint density at radius 1 is 0.912 bits per heavy atom. The molecule has 1 saturated carbocycles. The quantitative estimate of drug-likeness (QED) is 0.339. The molecule has 1 fully saturated rings. The molecule has 0 amide bonds. The Bertz CT molecular complexity index is 1400. The highest BCUT2D eigenvalue weighted by molar-refractivity contribution is 5.90. The highest BCUT2D eigenvalue weighted by Gasteiger charge is 2.25. The molecule has 3 aromatic heterocycles. The number of para-hydroxylation sites is 1. The first-order chi connectivity index (χ1) is 16.8. The van der Waals surface area contributed by atoms with E-state index in [-0.39, 0.29) is 0 Å². The average Bonchev–Trinajstić information content (AvgIpc) is 3.38. The Balaban J connectivity index is 1.36. The first kappa shape index (κ1) is 20.8. The van der Waals surface area contributed by atoms with Crippen molar-refractivity contribution in [2.45, 2.75) is 38.0 Å². The van der Waals surface area contributed by atoms with Gasteiger partial charge >= 0.3 is 0 Å². The first-order valence-electron chi connectivity index (χ1n) is 12.2. The van der Waals surface area contributed by atoms with Crippen LogP contribution < -0.4 is 5.32 Å². The summed E-state index contributed by atoms with van der Waals surface area (Å²) in [5.41, 5.74) is 3.20. The summed E-state index contributed by atoms with van der Waals surface area (Å²) in [6.45, 7) is 0.855. The van der Waals surface area contributed by atoms with Crippen LogP contribution in [0.1, 0.15) is 43.6 Å². The van der Waals surface area contributed by atoms with Gasteiger partial charge in [-0.1, -0.05) is 61.7 Å². The number of anilines is 1. The van der Waals surface area contributed by atoms with Crippen molar-refractivity contribution in [2.24, 2.45) is 5.92 Å². The zero-order valence-electron chi connectivity index (χ0n) is 19.1. The molecule has 0 radical (unpaired) electrons. The van der Waals surface area contributed by atoms with Gasteiger partial charge in [0.1, 0.15) is 5.82 Å². The number of hydrogen-bond donors (Lipinski definition) is 1. The van der Waals surface area contributed by atoms with Crippen LogP contribution in [0.2, 0.25) is 0 Å². The Hall–Kier alpha value is -3.80. The fourth-order valence-corrected chi connectivity index (χ4v) is 5.27. The van der Waals surface area contributed by atoms with E-state index in [9.17, 15) is 0 Å². The van der Waals surface area contributed by atoms with Crippen LogP contribution in [0.5, 0.6) is 0 Å². The number of nitrogens with one attached hydrogen (secondary N) is 1. The molecule has 34 heavy (non-hydrogen) atoms. The maximum absolute atomic E-state index is 4.98. The zero-order valence-corrected chi connectivity index (χ0v) is 19.1. The minimum atomic E-state index is 0.461. The van der Waals surface area contributed by atoms with Gasteiger partial charge in [0, 0.05) is 42.6 Å². The summed E-state index contributed by atoms with van der Waals surface area (Å²) >= 11 is 0. The van der Waals surface area contributed by atoms with E-state index in [0.29, 0.717) is 23.4 Å². The van der Waals surface area contributed by atoms with E-state index < -0.39 is 0 Å². The third-order valence-corrected chi connectivity index (χ3v) is 7.04. The third kappa shape index (κ3) is 4.12. The van der Waals surface area contributed by atoms with Gasteiger partial charge in [-0.15, -0.1) is 0 Å². The molecule has 1 unspecified atom stereocenters. The van der Waals surface area contributed by atoms with E-state index in [0.717, 1.165) is 28.8 Å². The number of benzene rings is 2. The number of imidazole rings is 1. The largest absolute Gasteiger partial charge is 0.369 e. The number of aromatic nitrogens is 5. The van der Waals surface area contributed by atoms with Crippen molar-refractivity contribution in [1.29, 1.82) is 0 Å². The second-order valence-electron chi connectivity index (χ2n) is 9.19. The summed E-state index contributed by atoms with van der Waals surface area (Å²) in [6.07, 6.45) is 14.0. The fraction of sp³-hybridized carbons (Fsp3) is 0.286. The van der Waals surface area contributed by atoms with Crippen molar-refractivity contribution in [2.75, 3.05) is 11.9 Å². The molecule has 6 heteroatoms. The molecule has 1 aliphatic carbocycles. The van der Waals surface area contributed by atoms with Crippen LogP contribution in [-0.4, -0.2) is 30.9 Å². The van der Waals surface area contributed by atoms with Gasteiger partial charge in [0.25, 0.3) is 0 Å². The molecule has 2 aromatic carbocycles. The Kier molecular flexibility index (Phi) is 5.63. The lowest BCUT2D eigenvalue weighted by Crippen LogP contribution is -2.23. The second-order valence-corrected chi connectivity index (χ2v) is 9.19. The molecule has 170 valence electrons. The van der Waals surface area contributed by atoms with E-state index in [4.69, 9.17) is 9.97 Å². The normalized spacial score (nSPS) is 15.5. The van der Waals surface area contributed by atoms with Gasteiger partial charge in [-0.3, -0.25) is 4.40 Å². The molecule has 5 aromatic rings. The van der Waals surface area contributed by atoms with Crippen LogP contribution in [0.25, 0.3) is 28.1 Å². The van der Waals surface area contributed by atoms with E-state index in [2.05, 4.69) is 51.7 Å². The van der Waals surface area contributed by atoms with Gasteiger partial charge in [-0.2, -0.15) is 0 Å². The van der Waals surface area contributed by atoms with Crippen molar-refractivity contribution in [3.63, 3.8) is 0 Å². The molecule has 3 heterocycles. The highest BCUT2D eigenvalue weighted by atomic mass is 15.1. The van der Waals surface area contributed by atoms with Crippen molar-refractivity contribution in [1.82, 2.24) is 24.3 Å². The number of nitrogens with zero attached hydrogens (tertiary/aromatic N) is 5. The number of hydrogen-bond acceptors (Lipinski definition) is 5. The standard InChI is InChI=1S/C28H28N6/c1-3-9-20(10-4-1)24(21-11-5-2-6-12-21)18-30-27-23-13-7-8-14-25(23)32-26(33-27)22-17-31-28-29-15-16-34(28)19-22/h1,3-4,7-10,13-17,19,21,24H,2,5-6,11-12,18H2,(H,30,32,33). The lowest BCUT2D eigenvalue weighted by Gasteiger charge is -2.31. The monoisotopic (exact) mass is 448 g/mol. The SMILES string of the molecule is c1ccc(C(CNc2nc(-c3cnc4nccn4c3)nc3ccccc23)C2CCCCC2)cc1. The molecular weight excluding hydrogens is 420 g/mol. The zero-order chi connectivity index (χ0) is 22.7. The predicted molar refractivity (Wildman–Crippen MR) is 136 cm³/mol. The maximum atomic E-state index is 4.98. The minimum absolute atomic E-state index is 0.461. The van der Waals surface area contributed by atoms with Gasteiger partial charge < -0.3 is 5.32 Å². The Morgan fingerprint density at radius 2 is 1.74 bits per heavy atom. The van der Waals surface area contributed by atoms with Crippen LogP contribution in [0.3, 0.4) is 0 Å². The van der Waals surface area contributed by atoms with Crippen LogP contribution in [0.15, 0.2) is 79.4 Å².